The van der Waals surface area contributed by atoms with Crippen molar-refractivity contribution in [1.82, 2.24) is 15.1 Å². The molecule has 1 N–H and O–H groups in total. The molecule has 25 heavy (non-hydrogen) atoms. The second-order valence-corrected chi connectivity index (χ2v) is 7.56. The van der Waals surface area contributed by atoms with E-state index < -0.39 is 11.6 Å². The van der Waals surface area contributed by atoms with Crippen LogP contribution in [-0.4, -0.2) is 46.8 Å². The second kappa shape index (κ2) is 5.58. The van der Waals surface area contributed by atoms with E-state index in [0.717, 1.165) is 30.6 Å². The highest BCUT2D eigenvalue weighted by atomic mass is 16.2. The van der Waals surface area contributed by atoms with Gasteiger partial charge in [-0.25, -0.2) is 4.79 Å². The van der Waals surface area contributed by atoms with Crippen LogP contribution in [0.3, 0.4) is 0 Å². The van der Waals surface area contributed by atoms with Crippen molar-refractivity contribution in [3.8, 4) is 0 Å². The molecule has 4 amide bonds. The van der Waals surface area contributed by atoms with Gasteiger partial charge in [0.05, 0.1) is 6.04 Å². The van der Waals surface area contributed by atoms with Crippen LogP contribution in [0.4, 0.5) is 4.79 Å². The largest absolute Gasteiger partial charge is 0.337 e. The Labute approximate surface area is 147 Å². The van der Waals surface area contributed by atoms with Gasteiger partial charge in [-0.3, -0.25) is 14.5 Å². The van der Waals surface area contributed by atoms with E-state index in [9.17, 15) is 14.4 Å². The van der Waals surface area contributed by atoms with Gasteiger partial charge >= 0.3 is 6.03 Å². The molecular formula is C19H23N3O3. The first kappa shape index (κ1) is 16.1. The smallest absolute Gasteiger partial charge is 0.325 e. The lowest BCUT2D eigenvalue weighted by atomic mass is 9.96. The molecule has 132 valence electrons. The van der Waals surface area contributed by atoms with E-state index in [1.54, 1.807) is 18.9 Å². The molecule has 4 rings (SSSR count). The van der Waals surface area contributed by atoms with E-state index in [0.29, 0.717) is 0 Å². The Morgan fingerprint density at radius 1 is 1.28 bits per heavy atom. The normalized spacial score (nSPS) is 28.1. The summed E-state index contributed by atoms with van der Waals surface area (Å²) in [6.07, 6.45) is 3.72. The monoisotopic (exact) mass is 341 g/mol. The number of aryl methyl sites for hydroxylation is 1. The zero-order chi connectivity index (χ0) is 17.8. The fraction of sp³-hybridized carbons (Fsp3) is 0.526. The van der Waals surface area contributed by atoms with E-state index in [1.807, 2.05) is 12.1 Å². The highest BCUT2D eigenvalue weighted by Gasteiger charge is 2.56. The van der Waals surface area contributed by atoms with Gasteiger partial charge in [0, 0.05) is 7.05 Å². The Balaban J connectivity index is 1.47. The lowest BCUT2D eigenvalue weighted by molar-refractivity contribution is -0.139. The van der Waals surface area contributed by atoms with Crippen molar-refractivity contribution in [3.63, 3.8) is 0 Å². The summed E-state index contributed by atoms with van der Waals surface area (Å²) in [5, 5.41) is 2.79. The summed E-state index contributed by atoms with van der Waals surface area (Å²) in [5.41, 5.74) is 1.59. The summed E-state index contributed by atoms with van der Waals surface area (Å²) in [5.74, 6) is -0.276. The van der Waals surface area contributed by atoms with Gasteiger partial charge in [-0.15, -0.1) is 0 Å². The molecule has 0 aromatic heterocycles. The topological polar surface area (TPSA) is 69.7 Å². The van der Waals surface area contributed by atoms with Crippen molar-refractivity contribution in [2.75, 3.05) is 13.6 Å². The molecule has 2 atom stereocenters. The number of imide groups is 1. The number of amides is 4. The third kappa shape index (κ3) is 2.51. The Bertz CT molecular complexity index is 758. The van der Waals surface area contributed by atoms with Crippen LogP contribution in [0, 0.1) is 5.92 Å². The average Bonchev–Trinajstić information content (AvgIpc) is 3.34. The Hall–Kier alpha value is -2.37. The maximum Gasteiger partial charge on any atom is 0.325 e. The number of likely N-dealkylation sites (N-methyl/N-ethyl adjacent to an activating group) is 1. The van der Waals surface area contributed by atoms with Crippen LogP contribution in [-0.2, 0) is 16.0 Å². The highest BCUT2D eigenvalue weighted by Crippen LogP contribution is 2.42. The molecule has 1 aliphatic heterocycles. The van der Waals surface area contributed by atoms with Crippen LogP contribution < -0.4 is 5.32 Å². The quantitative estimate of drug-likeness (QED) is 0.850. The Morgan fingerprint density at radius 2 is 2.00 bits per heavy atom. The predicted octanol–water partition coefficient (Wildman–Crippen LogP) is 1.85. The summed E-state index contributed by atoms with van der Waals surface area (Å²) in [4.78, 5) is 40.4. The van der Waals surface area contributed by atoms with Gasteiger partial charge in [0.15, 0.2) is 0 Å². The van der Waals surface area contributed by atoms with Crippen LogP contribution >= 0.6 is 0 Å². The maximum atomic E-state index is 12.7. The second-order valence-electron chi connectivity index (χ2n) is 7.56. The number of fused-ring (bicyclic) bond motifs is 1. The van der Waals surface area contributed by atoms with Crippen molar-refractivity contribution < 1.29 is 14.4 Å². The van der Waals surface area contributed by atoms with Crippen molar-refractivity contribution in [2.24, 2.45) is 5.92 Å². The standard InChI is InChI=1S/C19H23N3O3/c1-19(13-8-9-13)17(24)22(18(25)20-19)11-16(23)21(2)15-10-7-12-5-3-4-6-14(12)15/h3-6,13,15H,7-11H2,1-2H3,(H,20,25). The number of urea groups is 1. The summed E-state index contributed by atoms with van der Waals surface area (Å²) in [6.45, 7) is 1.58. The number of rotatable bonds is 4. The van der Waals surface area contributed by atoms with Crippen molar-refractivity contribution >= 4 is 17.8 Å². The minimum Gasteiger partial charge on any atom is -0.337 e. The fourth-order valence-electron chi connectivity index (χ4n) is 4.15. The van der Waals surface area contributed by atoms with E-state index >= 15 is 0 Å². The maximum absolute atomic E-state index is 12.7. The summed E-state index contributed by atoms with van der Waals surface area (Å²) in [7, 11) is 1.76. The van der Waals surface area contributed by atoms with Gasteiger partial charge < -0.3 is 10.2 Å². The minimum absolute atomic E-state index is 0.0132. The van der Waals surface area contributed by atoms with Crippen molar-refractivity contribution in [3.05, 3.63) is 35.4 Å². The Kier molecular flexibility index (Phi) is 3.60. The van der Waals surface area contributed by atoms with Crippen LogP contribution in [0.15, 0.2) is 24.3 Å². The predicted molar refractivity (Wildman–Crippen MR) is 91.6 cm³/mol. The number of nitrogens with zero attached hydrogens (tertiary/aromatic N) is 2. The number of nitrogens with one attached hydrogen (secondary N) is 1. The number of carbonyl (C=O) groups is 3. The zero-order valence-electron chi connectivity index (χ0n) is 14.6. The summed E-state index contributed by atoms with van der Waals surface area (Å²) in [6, 6.07) is 7.69. The van der Waals surface area contributed by atoms with Gasteiger partial charge in [0.25, 0.3) is 5.91 Å². The van der Waals surface area contributed by atoms with Gasteiger partial charge in [-0.1, -0.05) is 24.3 Å². The first-order valence-electron chi connectivity index (χ1n) is 8.89. The van der Waals surface area contributed by atoms with Crippen molar-refractivity contribution in [1.29, 1.82) is 0 Å². The fourth-order valence-corrected chi connectivity index (χ4v) is 4.15. The average molecular weight is 341 g/mol. The van der Waals surface area contributed by atoms with Gasteiger partial charge in [0.2, 0.25) is 5.91 Å². The number of benzene rings is 1. The van der Waals surface area contributed by atoms with E-state index in [2.05, 4.69) is 17.4 Å². The van der Waals surface area contributed by atoms with Gasteiger partial charge in [-0.05, 0) is 49.7 Å². The molecule has 0 radical (unpaired) electrons. The molecule has 1 aromatic carbocycles. The first-order valence-corrected chi connectivity index (χ1v) is 8.89. The van der Waals surface area contributed by atoms with E-state index in [1.165, 1.54) is 11.1 Å². The van der Waals surface area contributed by atoms with Crippen LogP contribution in [0.5, 0.6) is 0 Å². The lowest BCUT2D eigenvalue weighted by Crippen LogP contribution is -2.47. The first-order chi connectivity index (χ1) is 11.9. The molecule has 6 nitrogen and oxygen atoms in total. The molecule has 3 aliphatic rings. The van der Waals surface area contributed by atoms with E-state index in [4.69, 9.17) is 0 Å². The summed E-state index contributed by atoms with van der Waals surface area (Å²) >= 11 is 0. The molecule has 2 fully saturated rings. The molecule has 2 aliphatic carbocycles. The van der Waals surface area contributed by atoms with Gasteiger partial charge in [-0.2, -0.15) is 0 Å². The lowest BCUT2D eigenvalue weighted by Gasteiger charge is -2.27. The SMILES string of the molecule is CN(C(=O)CN1C(=O)NC(C)(C2CC2)C1=O)C1CCc2ccccc21. The minimum atomic E-state index is -0.837. The molecule has 0 bridgehead atoms. The third-order valence-electron chi connectivity index (χ3n) is 5.95. The number of hydrogen-bond acceptors (Lipinski definition) is 3. The highest BCUT2D eigenvalue weighted by molar-refractivity contribution is 6.09. The molecule has 1 heterocycles. The van der Waals surface area contributed by atoms with Crippen LogP contribution in [0.25, 0.3) is 0 Å². The molecular weight excluding hydrogens is 318 g/mol. The molecule has 2 unspecified atom stereocenters. The third-order valence-corrected chi connectivity index (χ3v) is 5.95. The van der Waals surface area contributed by atoms with Crippen LogP contribution in [0.2, 0.25) is 0 Å². The Morgan fingerprint density at radius 3 is 2.72 bits per heavy atom. The van der Waals surface area contributed by atoms with Gasteiger partial charge in [0.1, 0.15) is 12.1 Å². The summed E-state index contributed by atoms with van der Waals surface area (Å²) < 4.78 is 0. The van der Waals surface area contributed by atoms with Crippen LogP contribution in [0.1, 0.15) is 43.4 Å². The van der Waals surface area contributed by atoms with Crippen molar-refractivity contribution in [2.45, 2.75) is 44.2 Å². The molecule has 0 spiro atoms. The molecule has 1 saturated carbocycles. The molecule has 1 saturated heterocycles. The molecule has 6 heteroatoms. The number of carbonyl (C=O) groups excluding carboxylic acids is 3. The van der Waals surface area contributed by atoms with E-state index in [-0.39, 0.29) is 30.3 Å². The zero-order valence-corrected chi connectivity index (χ0v) is 14.6. The molecule has 1 aromatic rings. The number of hydrogen-bond donors (Lipinski definition) is 1.